The number of fused-ring (bicyclic) bond motifs is 3. The molecule has 2 heterocycles. The Morgan fingerprint density at radius 1 is 1.17 bits per heavy atom. The minimum Gasteiger partial charge on any atom is -0.392 e. The second-order valence-corrected chi connectivity index (χ2v) is 13.1. The Kier molecular flexibility index (Phi) is 7.35. The number of aliphatic hydroxyl groups is 4. The SMILES string of the molecule is C=C[C@@]1(C)CC(=O)[C@@]2(O)[C@](C)(O1)[C@@H](OCC(O)CN1CCCCC1)[C@@H](O)C1C(C)(C)CC[C@H](O)[C@@]12C. The van der Waals surface area contributed by atoms with Gasteiger partial charge in [-0.15, -0.1) is 6.58 Å². The van der Waals surface area contributed by atoms with Gasteiger partial charge in [-0.1, -0.05) is 33.3 Å². The molecule has 0 aromatic carbocycles. The van der Waals surface area contributed by atoms with E-state index in [0.717, 1.165) is 25.9 Å². The standard InChI is InChI=1S/C28H47NO7/c1-7-25(4)15-20(32)28(34)26(5)19(31)11-12-24(2,3)22(26)21(33)23(27(28,6)36-25)35-17-18(30)16-29-13-9-8-10-14-29/h7,18-19,21-23,30-31,33-34H,1,8-17H2,2-6H3/t18?,19-,21-,22?,23-,25-,26-,27+,28-/m0/s1. The highest BCUT2D eigenvalue weighted by atomic mass is 16.6. The van der Waals surface area contributed by atoms with Crippen molar-refractivity contribution in [3.8, 4) is 0 Å². The van der Waals surface area contributed by atoms with E-state index < -0.39 is 63.8 Å². The number of hydrogen-bond donors (Lipinski definition) is 4. The summed E-state index contributed by atoms with van der Waals surface area (Å²) < 4.78 is 12.8. The molecule has 36 heavy (non-hydrogen) atoms. The molecule has 2 aliphatic heterocycles. The summed E-state index contributed by atoms with van der Waals surface area (Å²) in [7, 11) is 0. The van der Waals surface area contributed by atoms with Crippen molar-refractivity contribution in [2.24, 2.45) is 16.7 Å². The van der Waals surface area contributed by atoms with Crippen molar-refractivity contribution in [2.45, 2.75) is 114 Å². The second kappa shape index (κ2) is 9.40. The average Bonchev–Trinajstić information content (AvgIpc) is 2.80. The van der Waals surface area contributed by atoms with Crippen LogP contribution in [0.25, 0.3) is 0 Å². The number of likely N-dealkylation sites (tertiary alicyclic amines) is 1. The number of carbonyl (C=O) groups is 1. The number of ether oxygens (including phenoxy) is 2. The largest absolute Gasteiger partial charge is 0.392 e. The Bertz CT molecular complexity index is 859. The first-order valence-corrected chi connectivity index (χ1v) is 13.6. The van der Waals surface area contributed by atoms with Crippen molar-refractivity contribution in [1.29, 1.82) is 0 Å². The predicted octanol–water partition coefficient (Wildman–Crippen LogP) is 1.82. The first-order valence-electron chi connectivity index (χ1n) is 13.6. The molecular formula is C28H47NO7. The van der Waals surface area contributed by atoms with E-state index in [2.05, 4.69) is 11.5 Å². The van der Waals surface area contributed by atoms with Gasteiger partial charge in [-0.05, 0) is 58.0 Å². The predicted molar refractivity (Wildman–Crippen MR) is 135 cm³/mol. The fourth-order valence-electron chi connectivity index (χ4n) is 8.26. The first-order chi connectivity index (χ1) is 16.7. The van der Waals surface area contributed by atoms with Crippen LogP contribution in [-0.4, -0.2) is 98.6 Å². The van der Waals surface area contributed by atoms with Gasteiger partial charge in [-0.3, -0.25) is 4.79 Å². The summed E-state index contributed by atoms with van der Waals surface area (Å²) in [6.45, 7) is 15.1. The second-order valence-electron chi connectivity index (χ2n) is 13.1. The van der Waals surface area contributed by atoms with E-state index in [-0.39, 0.29) is 13.0 Å². The number of carbonyl (C=O) groups excluding carboxylic acids is 1. The highest BCUT2D eigenvalue weighted by Gasteiger charge is 2.80. The summed E-state index contributed by atoms with van der Waals surface area (Å²) in [5.41, 5.74) is -6.74. The van der Waals surface area contributed by atoms with E-state index in [4.69, 9.17) is 9.47 Å². The zero-order chi connectivity index (χ0) is 26.7. The maximum Gasteiger partial charge on any atom is 0.171 e. The monoisotopic (exact) mass is 509 g/mol. The zero-order valence-electron chi connectivity index (χ0n) is 22.7. The van der Waals surface area contributed by atoms with E-state index in [1.54, 1.807) is 26.8 Å². The molecule has 0 bridgehead atoms. The highest BCUT2D eigenvalue weighted by molar-refractivity contribution is 5.92. The lowest BCUT2D eigenvalue weighted by atomic mass is 9.40. The number of hydrogen-bond acceptors (Lipinski definition) is 8. The first kappa shape index (κ1) is 28.1. The van der Waals surface area contributed by atoms with Gasteiger partial charge in [0.25, 0.3) is 0 Å². The quantitative estimate of drug-likeness (QED) is 0.401. The smallest absolute Gasteiger partial charge is 0.171 e. The number of nitrogens with zero attached hydrogens (tertiary/aromatic N) is 1. The minimum absolute atomic E-state index is 0.0708. The van der Waals surface area contributed by atoms with Crippen LogP contribution in [0.2, 0.25) is 0 Å². The summed E-state index contributed by atoms with van der Waals surface area (Å²) in [5, 5.41) is 46.6. The topological polar surface area (TPSA) is 120 Å². The van der Waals surface area contributed by atoms with Gasteiger partial charge < -0.3 is 34.8 Å². The summed E-state index contributed by atoms with van der Waals surface area (Å²) >= 11 is 0. The maximum atomic E-state index is 13.9. The van der Waals surface area contributed by atoms with E-state index >= 15 is 0 Å². The van der Waals surface area contributed by atoms with Crippen LogP contribution in [0.15, 0.2) is 12.7 Å². The number of ketones is 1. The van der Waals surface area contributed by atoms with Crippen LogP contribution in [0.4, 0.5) is 0 Å². The molecule has 4 fully saturated rings. The molecule has 8 nitrogen and oxygen atoms in total. The van der Waals surface area contributed by atoms with Gasteiger partial charge in [0.1, 0.15) is 11.7 Å². The summed E-state index contributed by atoms with van der Waals surface area (Å²) in [5.74, 6) is -1.09. The van der Waals surface area contributed by atoms with Crippen LogP contribution < -0.4 is 0 Å². The number of Topliss-reactive ketones (excluding diaryl/α,β-unsaturated/α-hetero) is 1. The lowest BCUT2D eigenvalue weighted by molar-refractivity contribution is -0.376. The van der Waals surface area contributed by atoms with Gasteiger partial charge in [0, 0.05) is 24.3 Å². The van der Waals surface area contributed by atoms with Crippen molar-refractivity contribution >= 4 is 5.78 Å². The Morgan fingerprint density at radius 3 is 2.42 bits per heavy atom. The Hall–Kier alpha value is -0.870. The molecule has 206 valence electrons. The molecule has 8 heteroatoms. The third-order valence-electron chi connectivity index (χ3n) is 10.1. The Morgan fingerprint density at radius 2 is 1.81 bits per heavy atom. The van der Waals surface area contributed by atoms with Gasteiger partial charge >= 0.3 is 0 Å². The molecule has 4 aliphatic rings. The number of aliphatic hydroxyl groups excluding tert-OH is 3. The van der Waals surface area contributed by atoms with E-state index in [1.165, 1.54) is 6.42 Å². The highest BCUT2D eigenvalue weighted by Crippen LogP contribution is 2.67. The van der Waals surface area contributed by atoms with Crippen molar-refractivity contribution in [3.05, 3.63) is 12.7 Å². The molecule has 0 spiro atoms. The number of β-amino-alcohol motifs (C(OH)–C–C–N with tert-alkyl or cyclic N) is 1. The Labute approximate surface area is 215 Å². The normalized spacial score (nSPS) is 48.1. The van der Waals surface area contributed by atoms with Crippen LogP contribution in [-0.2, 0) is 14.3 Å². The van der Waals surface area contributed by atoms with E-state index in [1.807, 2.05) is 13.8 Å². The molecule has 2 unspecified atom stereocenters. The molecule has 0 radical (unpaired) electrons. The van der Waals surface area contributed by atoms with Crippen LogP contribution in [0.3, 0.4) is 0 Å². The third-order valence-corrected chi connectivity index (χ3v) is 10.1. The van der Waals surface area contributed by atoms with Crippen molar-refractivity contribution in [1.82, 2.24) is 4.90 Å². The third kappa shape index (κ3) is 4.03. The van der Waals surface area contributed by atoms with Gasteiger partial charge in [-0.25, -0.2) is 0 Å². The molecule has 4 rings (SSSR count). The lowest BCUT2D eigenvalue weighted by Gasteiger charge is -2.71. The summed E-state index contributed by atoms with van der Waals surface area (Å²) in [4.78, 5) is 16.1. The van der Waals surface area contributed by atoms with E-state index in [0.29, 0.717) is 19.4 Å². The minimum atomic E-state index is -2.12. The number of piperidine rings is 1. The maximum absolute atomic E-state index is 13.9. The molecule has 0 aromatic heterocycles. The van der Waals surface area contributed by atoms with Gasteiger partial charge in [0.15, 0.2) is 11.4 Å². The lowest BCUT2D eigenvalue weighted by Crippen LogP contribution is -2.86. The number of rotatable bonds is 6. The van der Waals surface area contributed by atoms with Gasteiger partial charge in [0.2, 0.25) is 0 Å². The molecule has 0 amide bonds. The van der Waals surface area contributed by atoms with Crippen molar-refractivity contribution in [3.63, 3.8) is 0 Å². The molecular weight excluding hydrogens is 462 g/mol. The molecule has 0 aromatic rings. The van der Waals surface area contributed by atoms with Gasteiger partial charge in [-0.2, -0.15) is 0 Å². The van der Waals surface area contributed by atoms with Crippen LogP contribution in [0, 0.1) is 16.7 Å². The van der Waals surface area contributed by atoms with Crippen LogP contribution in [0.1, 0.15) is 73.1 Å². The fraction of sp³-hybridized carbons (Fsp3) is 0.893. The van der Waals surface area contributed by atoms with Crippen LogP contribution >= 0.6 is 0 Å². The summed E-state index contributed by atoms with van der Waals surface area (Å²) in [6.07, 6.45) is 1.82. The fourth-order valence-corrected chi connectivity index (χ4v) is 8.26. The Balaban J connectivity index is 1.73. The molecule has 9 atom stereocenters. The molecule has 2 aliphatic carbocycles. The zero-order valence-corrected chi connectivity index (χ0v) is 22.7. The molecule has 2 saturated heterocycles. The van der Waals surface area contributed by atoms with Gasteiger partial charge in [0.05, 0.1) is 30.5 Å². The van der Waals surface area contributed by atoms with E-state index in [9.17, 15) is 25.2 Å². The van der Waals surface area contributed by atoms with Crippen molar-refractivity contribution < 1.29 is 34.7 Å². The summed E-state index contributed by atoms with van der Waals surface area (Å²) in [6, 6.07) is 0. The average molecular weight is 510 g/mol. The molecule has 2 saturated carbocycles. The van der Waals surface area contributed by atoms with Crippen molar-refractivity contribution in [2.75, 3.05) is 26.2 Å². The molecule has 4 N–H and O–H groups in total. The van der Waals surface area contributed by atoms with Crippen LogP contribution in [0.5, 0.6) is 0 Å².